The van der Waals surface area contributed by atoms with Gasteiger partial charge in [-0.2, -0.15) is 4.31 Å². The van der Waals surface area contributed by atoms with Crippen molar-refractivity contribution in [2.75, 3.05) is 13.1 Å². The van der Waals surface area contributed by atoms with Crippen LogP contribution < -0.4 is 5.11 Å². The smallest absolute Gasteiger partial charge is 0.252 e. The summed E-state index contributed by atoms with van der Waals surface area (Å²) in [6.07, 6.45) is 0.988. The van der Waals surface area contributed by atoms with Crippen molar-refractivity contribution >= 4 is 38.9 Å². The third-order valence-corrected chi connectivity index (χ3v) is 6.95. The molecule has 0 unspecified atom stereocenters. The van der Waals surface area contributed by atoms with Crippen molar-refractivity contribution in [2.45, 2.75) is 24.5 Å². The zero-order valence-corrected chi connectivity index (χ0v) is 13.5. The molecule has 1 saturated heterocycles. The molecule has 8 heteroatoms. The number of sulfonamides is 1. The molecule has 0 spiro atoms. The van der Waals surface area contributed by atoms with Gasteiger partial charge in [0.2, 0.25) is 0 Å². The van der Waals surface area contributed by atoms with Crippen LogP contribution in [0.25, 0.3) is 0 Å². The lowest BCUT2D eigenvalue weighted by molar-refractivity contribution is -0.255. The van der Waals surface area contributed by atoms with Gasteiger partial charge in [-0.1, -0.05) is 25.4 Å². The largest absolute Gasteiger partial charge is 0.545 e. The Bertz CT molecular complexity index is 615. The Hall–Kier alpha value is -0.630. The molecule has 5 nitrogen and oxygen atoms in total. The number of rotatable bonds is 3. The highest BCUT2D eigenvalue weighted by atomic mass is 35.5. The summed E-state index contributed by atoms with van der Waals surface area (Å²) in [7, 11) is -3.69. The average molecular weight is 337 g/mol. The highest BCUT2D eigenvalue weighted by Gasteiger charge is 2.33. The number of carboxylic acid groups (broad SMARTS) is 1. The minimum absolute atomic E-state index is 0.0389. The molecule has 1 fully saturated rings. The molecule has 0 aromatic carbocycles. The van der Waals surface area contributed by atoms with E-state index in [9.17, 15) is 18.3 Å². The lowest BCUT2D eigenvalue weighted by Crippen LogP contribution is -2.42. The molecule has 0 N–H and O–H groups in total. The van der Waals surface area contributed by atoms with Gasteiger partial charge in [0.05, 0.1) is 5.97 Å². The molecule has 1 aromatic rings. The van der Waals surface area contributed by atoms with Crippen LogP contribution in [0.4, 0.5) is 0 Å². The first-order valence-corrected chi connectivity index (χ1v) is 8.86. The summed E-state index contributed by atoms with van der Waals surface area (Å²) in [4.78, 5) is 10.8. The van der Waals surface area contributed by atoms with E-state index in [2.05, 4.69) is 0 Å². The van der Waals surface area contributed by atoms with Gasteiger partial charge in [0.15, 0.2) is 0 Å². The van der Waals surface area contributed by atoms with Gasteiger partial charge in [-0.05, 0) is 24.3 Å². The summed E-state index contributed by atoms with van der Waals surface area (Å²) in [5.41, 5.74) is -0.270. The first-order chi connectivity index (χ1) is 9.21. The number of aromatic carboxylic acids is 1. The fraction of sp³-hybridized carbons (Fsp3) is 0.583. The van der Waals surface area contributed by atoms with E-state index >= 15 is 0 Å². The molecule has 0 amide bonds. The Morgan fingerprint density at radius 3 is 2.40 bits per heavy atom. The maximum atomic E-state index is 12.5. The van der Waals surface area contributed by atoms with E-state index in [1.165, 1.54) is 4.31 Å². The van der Waals surface area contributed by atoms with Crippen LogP contribution in [0.1, 0.15) is 30.6 Å². The zero-order chi connectivity index (χ0) is 15.1. The zero-order valence-electron chi connectivity index (χ0n) is 11.1. The maximum Gasteiger partial charge on any atom is 0.252 e. The standard InChI is InChI=1S/C12H16ClNO4S2/c1-7-3-8(2)6-14(5-7)20(17,18)10-4-9(12(15)16)11(13)19-10/h4,7-8H,3,5-6H2,1-2H3,(H,15,16)/p-1/t7-,8-/m1/s1. The molecule has 0 aliphatic carbocycles. The van der Waals surface area contributed by atoms with Crippen LogP contribution in [0.15, 0.2) is 10.3 Å². The number of hydrogen-bond donors (Lipinski definition) is 0. The first kappa shape index (κ1) is 15.8. The molecule has 1 aromatic heterocycles. The molecule has 0 bridgehead atoms. The molecule has 20 heavy (non-hydrogen) atoms. The summed E-state index contributed by atoms with van der Waals surface area (Å²) in [6, 6.07) is 1.08. The third kappa shape index (κ3) is 3.00. The lowest BCUT2D eigenvalue weighted by atomic mass is 9.94. The maximum absolute atomic E-state index is 12.5. The quantitative estimate of drug-likeness (QED) is 0.836. The fourth-order valence-electron chi connectivity index (χ4n) is 2.54. The molecule has 0 saturated carbocycles. The van der Waals surface area contributed by atoms with Gasteiger partial charge in [-0.15, -0.1) is 11.3 Å². The van der Waals surface area contributed by atoms with Crippen LogP contribution in [0.3, 0.4) is 0 Å². The summed E-state index contributed by atoms with van der Waals surface area (Å²) in [5.74, 6) is -0.901. The van der Waals surface area contributed by atoms with Crippen molar-refractivity contribution in [1.82, 2.24) is 4.31 Å². The van der Waals surface area contributed by atoms with Crippen LogP contribution in [0.5, 0.6) is 0 Å². The minimum atomic E-state index is -3.69. The fourth-order valence-corrected chi connectivity index (χ4v) is 6.08. The summed E-state index contributed by atoms with van der Waals surface area (Å²) < 4.78 is 26.4. The van der Waals surface area contributed by atoms with Crippen molar-refractivity contribution in [3.05, 3.63) is 16.0 Å². The summed E-state index contributed by atoms with van der Waals surface area (Å²) >= 11 is 6.52. The molecule has 2 atom stereocenters. The van der Waals surface area contributed by atoms with E-state index in [1.807, 2.05) is 13.8 Å². The SMILES string of the molecule is C[C@@H]1C[C@@H](C)CN(S(=O)(=O)c2cc(C(=O)[O-])c(Cl)s2)C1. The van der Waals surface area contributed by atoms with Gasteiger partial charge in [0.25, 0.3) is 10.0 Å². The van der Waals surface area contributed by atoms with Gasteiger partial charge < -0.3 is 9.90 Å². The van der Waals surface area contributed by atoms with Crippen molar-refractivity contribution in [2.24, 2.45) is 11.8 Å². The number of hydrogen-bond acceptors (Lipinski definition) is 5. The molecular weight excluding hydrogens is 322 g/mol. The average Bonchev–Trinajstić information content (AvgIpc) is 2.70. The monoisotopic (exact) mass is 336 g/mol. The predicted octanol–water partition coefficient (Wildman–Crippen LogP) is 1.43. The topological polar surface area (TPSA) is 77.5 Å². The second-order valence-electron chi connectivity index (χ2n) is 5.31. The van der Waals surface area contributed by atoms with Crippen molar-refractivity contribution in [1.29, 1.82) is 0 Å². The third-order valence-electron chi connectivity index (χ3n) is 3.31. The van der Waals surface area contributed by atoms with Crippen LogP contribution in [-0.4, -0.2) is 31.8 Å². The van der Waals surface area contributed by atoms with E-state index < -0.39 is 16.0 Å². The number of carbonyl (C=O) groups excluding carboxylic acids is 1. The van der Waals surface area contributed by atoms with Crippen LogP contribution in [-0.2, 0) is 10.0 Å². The molecule has 2 heterocycles. The number of carboxylic acids is 1. The number of nitrogens with zero attached hydrogens (tertiary/aromatic N) is 1. The molecule has 0 radical (unpaired) electrons. The Balaban J connectivity index is 2.35. The highest BCUT2D eigenvalue weighted by molar-refractivity contribution is 7.91. The molecule has 1 aliphatic rings. The highest BCUT2D eigenvalue weighted by Crippen LogP contribution is 2.34. The van der Waals surface area contributed by atoms with E-state index in [-0.39, 0.29) is 25.9 Å². The van der Waals surface area contributed by atoms with Crippen molar-refractivity contribution in [3.8, 4) is 0 Å². The van der Waals surface area contributed by atoms with Gasteiger partial charge in [-0.3, -0.25) is 0 Å². The van der Waals surface area contributed by atoms with E-state index in [0.717, 1.165) is 23.8 Å². The van der Waals surface area contributed by atoms with Gasteiger partial charge in [-0.25, -0.2) is 8.42 Å². The van der Waals surface area contributed by atoms with Crippen LogP contribution in [0.2, 0.25) is 4.34 Å². The first-order valence-electron chi connectivity index (χ1n) is 6.22. The Morgan fingerprint density at radius 1 is 1.40 bits per heavy atom. The number of carbonyl (C=O) groups is 1. The predicted molar refractivity (Wildman–Crippen MR) is 75.4 cm³/mol. The number of piperidine rings is 1. The van der Waals surface area contributed by atoms with Gasteiger partial charge >= 0.3 is 0 Å². The van der Waals surface area contributed by atoms with E-state index in [4.69, 9.17) is 11.6 Å². The number of thiophene rings is 1. The van der Waals surface area contributed by atoms with Crippen molar-refractivity contribution < 1.29 is 18.3 Å². The van der Waals surface area contributed by atoms with E-state index in [0.29, 0.717) is 13.1 Å². The molecular formula is C12H15ClNO4S2-. The minimum Gasteiger partial charge on any atom is -0.545 e. The second kappa shape index (κ2) is 5.63. The van der Waals surface area contributed by atoms with Gasteiger partial charge in [0.1, 0.15) is 8.55 Å². The molecule has 1 aliphatic heterocycles. The summed E-state index contributed by atoms with van der Waals surface area (Å²) in [6.45, 7) is 4.91. The van der Waals surface area contributed by atoms with E-state index in [1.54, 1.807) is 0 Å². The number of halogens is 1. The Labute approximate surface area is 127 Å². The lowest BCUT2D eigenvalue weighted by Gasteiger charge is -2.33. The van der Waals surface area contributed by atoms with Gasteiger partial charge in [0, 0.05) is 18.7 Å². The van der Waals surface area contributed by atoms with Crippen molar-refractivity contribution in [3.63, 3.8) is 0 Å². The second-order valence-corrected chi connectivity index (χ2v) is 9.13. The van der Waals surface area contributed by atoms with Crippen LogP contribution in [0, 0.1) is 11.8 Å². The normalized spacial score (nSPS) is 24.8. The Kier molecular flexibility index (Phi) is 4.44. The Morgan fingerprint density at radius 2 is 1.95 bits per heavy atom. The van der Waals surface area contributed by atoms with Crippen LogP contribution >= 0.6 is 22.9 Å². The molecule has 112 valence electrons. The molecule has 2 rings (SSSR count). The summed E-state index contributed by atoms with van der Waals surface area (Å²) in [5, 5.41) is 10.8.